The third kappa shape index (κ3) is 3.67. The molecule has 2 aromatic rings. The number of carboxylic acid groups (broad SMARTS) is 1. The normalized spacial score (nSPS) is 11.2. The smallest absolute Gasteiger partial charge is 0.336 e. The van der Waals surface area contributed by atoms with Gasteiger partial charge in [0, 0.05) is 17.2 Å². The highest BCUT2D eigenvalue weighted by atomic mass is 35.5. The molecule has 0 aliphatic heterocycles. The molecule has 0 heterocycles. The van der Waals surface area contributed by atoms with Gasteiger partial charge in [0.15, 0.2) is 0 Å². The number of nitrogens with zero attached hydrogens (tertiary/aromatic N) is 1. The van der Waals surface area contributed by atoms with E-state index in [2.05, 4.69) is 0 Å². The van der Waals surface area contributed by atoms with Crippen LogP contribution in [-0.2, 0) is 4.79 Å². The summed E-state index contributed by atoms with van der Waals surface area (Å²) in [5.74, 6) is -1.10. The number of rotatable bonds is 4. The second-order valence-electron chi connectivity index (χ2n) is 4.22. The number of nitro benzene ring substituents is 1. The van der Waals surface area contributed by atoms with Crippen LogP contribution in [0.2, 0.25) is 5.02 Å². The lowest BCUT2D eigenvalue weighted by molar-refractivity contribution is -0.384. The number of benzene rings is 2. The summed E-state index contributed by atoms with van der Waals surface area (Å²) >= 11 is 5.86. The van der Waals surface area contributed by atoms with Crippen LogP contribution in [0.5, 0.6) is 0 Å². The van der Waals surface area contributed by atoms with E-state index in [-0.39, 0.29) is 11.3 Å². The monoisotopic (exact) mass is 303 g/mol. The van der Waals surface area contributed by atoms with Crippen molar-refractivity contribution >= 4 is 34.9 Å². The zero-order valence-corrected chi connectivity index (χ0v) is 11.4. The van der Waals surface area contributed by atoms with Gasteiger partial charge in [0.25, 0.3) is 5.69 Å². The number of carboxylic acids is 1. The minimum absolute atomic E-state index is 0.0493. The summed E-state index contributed by atoms with van der Waals surface area (Å²) < 4.78 is 0. The molecule has 1 N–H and O–H groups in total. The SMILES string of the molecule is O=C(O)/C(=C/c1ccc([N+](=O)[O-])cc1)c1cccc(Cl)c1. The van der Waals surface area contributed by atoms with Crippen LogP contribution < -0.4 is 0 Å². The Hall–Kier alpha value is -2.66. The highest BCUT2D eigenvalue weighted by Gasteiger charge is 2.11. The van der Waals surface area contributed by atoms with Crippen molar-refractivity contribution in [1.82, 2.24) is 0 Å². The largest absolute Gasteiger partial charge is 0.478 e. The minimum atomic E-state index is -1.10. The first-order chi connectivity index (χ1) is 9.97. The fourth-order valence-electron chi connectivity index (χ4n) is 1.78. The van der Waals surface area contributed by atoms with E-state index in [0.717, 1.165) is 0 Å². The van der Waals surface area contributed by atoms with Crippen molar-refractivity contribution in [1.29, 1.82) is 0 Å². The van der Waals surface area contributed by atoms with Gasteiger partial charge in [-0.25, -0.2) is 4.79 Å². The molecule has 0 radical (unpaired) electrons. The second-order valence-corrected chi connectivity index (χ2v) is 4.66. The second kappa shape index (κ2) is 6.19. The Morgan fingerprint density at radius 3 is 2.38 bits per heavy atom. The van der Waals surface area contributed by atoms with Crippen LogP contribution in [0.4, 0.5) is 5.69 Å². The molecule has 0 saturated heterocycles. The molecule has 6 heteroatoms. The lowest BCUT2D eigenvalue weighted by Gasteiger charge is -2.04. The van der Waals surface area contributed by atoms with E-state index < -0.39 is 10.9 Å². The molecule has 0 atom stereocenters. The first-order valence-electron chi connectivity index (χ1n) is 5.93. The molecule has 2 aromatic carbocycles. The minimum Gasteiger partial charge on any atom is -0.478 e. The fourth-order valence-corrected chi connectivity index (χ4v) is 1.97. The summed E-state index contributed by atoms with van der Waals surface area (Å²) in [5, 5.41) is 20.3. The molecule has 2 rings (SSSR count). The number of aliphatic carboxylic acids is 1. The first kappa shape index (κ1) is 14.7. The Morgan fingerprint density at radius 2 is 1.86 bits per heavy atom. The van der Waals surface area contributed by atoms with Gasteiger partial charge in [-0.05, 0) is 41.5 Å². The molecule has 0 aliphatic rings. The molecule has 0 aromatic heterocycles. The molecule has 0 aliphatic carbocycles. The number of carbonyl (C=O) groups is 1. The van der Waals surface area contributed by atoms with Gasteiger partial charge in [0.2, 0.25) is 0 Å². The Kier molecular flexibility index (Phi) is 4.35. The summed E-state index contributed by atoms with van der Waals surface area (Å²) in [4.78, 5) is 21.4. The molecule has 21 heavy (non-hydrogen) atoms. The number of hydrogen-bond acceptors (Lipinski definition) is 3. The van der Waals surface area contributed by atoms with Gasteiger partial charge < -0.3 is 5.11 Å². The van der Waals surface area contributed by atoms with Crippen molar-refractivity contribution in [2.75, 3.05) is 0 Å². The Balaban J connectivity index is 2.42. The zero-order chi connectivity index (χ0) is 15.4. The van der Waals surface area contributed by atoms with E-state index in [0.29, 0.717) is 16.1 Å². The molecule has 0 spiro atoms. The summed E-state index contributed by atoms with van der Waals surface area (Å²) in [5.41, 5.74) is 1.03. The summed E-state index contributed by atoms with van der Waals surface area (Å²) in [6, 6.07) is 12.1. The van der Waals surface area contributed by atoms with Gasteiger partial charge in [0.1, 0.15) is 0 Å². The van der Waals surface area contributed by atoms with Gasteiger partial charge in [-0.3, -0.25) is 10.1 Å². The lowest BCUT2D eigenvalue weighted by Crippen LogP contribution is -1.99. The number of halogens is 1. The van der Waals surface area contributed by atoms with Crippen molar-refractivity contribution in [2.45, 2.75) is 0 Å². The van der Waals surface area contributed by atoms with Crippen LogP contribution >= 0.6 is 11.6 Å². The first-order valence-corrected chi connectivity index (χ1v) is 6.30. The molecule has 0 unspecified atom stereocenters. The Bertz CT molecular complexity index is 723. The van der Waals surface area contributed by atoms with Crippen LogP contribution in [0.15, 0.2) is 48.5 Å². The predicted molar refractivity (Wildman–Crippen MR) is 80.1 cm³/mol. The lowest BCUT2D eigenvalue weighted by atomic mass is 10.0. The van der Waals surface area contributed by atoms with Crippen molar-refractivity contribution in [2.24, 2.45) is 0 Å². The van der Waals surface area contributed by atoms with Crippen LogP contribution in [0.3, 0.4) is 0 Å². The van der Waals surface area contributed by atoms with Gasteiger partial charge in [-0.15, -0.1) is 0 Å². The highest BCUT2D eigenvalue weighted by molar-refractivity contribution is 6.31. The van der Waals surface area contributed by atoms with E-state index >= 15 is 0 Å². The van der Waals surface area contributed by atoms with E-state index in [1.165, 1.54) is 30.3 Å². The van der Waals surface area contributed by atoms with Gasteiger partial charge >= 0.3 is 5.97 Å². The maximum Gasteiger partial charge on any atom is 0.336 e. The molecule has 5 nitrogen and oxygen atoms in total. The van der Waals surface area contributed by atoms with E-state index in [1.807, 2.05) is 0 Å². The maximum absolute atomic E-state index is 11.4. The number of nitro groups is 1. The van der Waals surface area contributed by atoms with Crippen LogP contribution in [0.1, 0.15) is 11.1 Å². The quantitative estimate of drug-likeness (QED) is 0.402. The molecule has 0 bridgehead atoms. The third-order valence-corrected chi connectivity index (χ3v) is 3.02. The van der Waals surface area contributed by atoms with Crippen molar-refractivity contribution < 1.29 is 14.8 Å². The van der Waals surface area contributed by atoms with E-state index in [4.69, 9.17) is 11.6 Å². The molecular weight excluding hydrogens is 294 g/mol. The molecular formula is C15H10ClNO4. The zero-order valence-electron chi connectivity index (χ0n) is 10.7. The van der Waals surface area contributed by atoms with E-state index in [1.54, 1.807) is 24.3 Å². The third-order valence-electron chi connectivity index (χ3n) is 2.78. The summed E-state index contributed by atoms with van der Waals surface area (Å²) in [6.45, 7) is 0. The van der Waals surface area contributed by atoms with Gasteiger partial charge in [0.05, 0.1) is 10.5 Å². The summed E-state index contributed by atoms with van der Waals surface area (Å²) in [7, 11) is 0. The fraction of sp³-hybridized carbons (Fsp3) is 0. The highest BCUT2D eigenvalue weighted by Crippen LogP contribution is 2.22. The summed E-state index contributed by atoms with van der Waals surface area (Å²) in [6.07, 6.45) is 1.44. The molecule has 0 saturated carbocycles. The molecule has 106 valence electrons. The Morgan fingerprint density at radius 1 is 1.19 bits per heavy atom. The van der Waals surface area contributed by atoms with Gasteiger partial charge in [-0.1, -0.05) is 23.7 Å². The van der Waals surface area contributed by atoms with Gasteiger partial charge in [-0.2, -0.15) is 0 Å². The van der Waals surface area contributed by atoms with E-state index in [9.17, 15) is 20.0 Å². The molecule has 0 amide bonds. The number of non-ortho nitro benzene ring substituents is 1. The standard InChI is InChI=1S/C15H10ClNO4/c16-12-3-1-2-11(9-12)14(15(18)19)8-10-4-6-13(7-5-10)17(20)21/h1-9H,(H,18,19)/b14-8+. The average molecular weight is 304 g/mol. The predicted octanol–water partition coefficient (Wildman–Crippen LogP) is 3.87. The molecule has 0 fully saturated rings. The van der Waals surface area contributed by atoms with Crippen molar-refractivity contribution in [3.63, 3.8) is 0 Å². The topological polar surface area (TPSA) is 80.4 Å². The average Bonchev–Trinajstić information content (AvgIpc) is 2.45. The maximum atomic E-state index is 11.4. The van der Waals surface area contributed by atoms with Crippen molar-refractivity contribution in [3.8, 4) is 0 Å². The van der Waals surface area contributed by atoms with Crippen LogP contribution in [0, 0.1) is 10.1 Å². The van der Waals surface area contributed by atoms with Crippen LogP contribution in [-0.4, -0.2) is 16.0 Å². The number of hydrogen-bond donors (Lipinski definition) is 1. The Labute approximate surface area is 125 Å². The van der Waals surface area contributed by atoms with Crippen molar-refractivity contribution in [3.05, 3.63) is 74.8 Å². The van der Waals surface area contributed by atoms with Crippen LogP contribution in [0.25, 0.3) is 11.6 Å².